The van der Waals surface area contributed by atoms with Gasteiger partial charge in [0, 0.05) is 20.2 Å². The van der Waals surface area contributed by atoms with Gasteiger partial charge in [-0.25, -0.2) is 4.79 Å². The van der Waals surface area contributed by atoms with Gasteiger partial charge in [-0.05, 0) is 0 Å². The normalized spacial score (nSPS) is 11.6. The first-order valence-corrected chi connectivity index (χ1v) is 5.55. The molecule has 0 aromatic heterocycles. The van der Waals surface area contributed by atoms with E-state index in [2.05, 4.69) is 17.2 Å². The van der Waals surface area contributed by atoms with E-state index in [1.165, 1.54) is 7.11 Å². The summed E-state index contributed by atoms with van der Waals surface area (Å²) in [5.74, 6) is -0.970. The van der Waals surface area contributed by atoms with Crippen molar-refractivity contribution in [2.75, 3.05) is 33.4 Å². The molecule has 0 aliphatic heterocycles. The summed E-state index contributed by atoms with van der Waals surface area (Å²) < 4.78 is 9.98. The maximum atomic E-state index is 11.3. The van der Waals surface area contributed by atoms with Gasteiger partial charge in [-0.3, -0.25) is 4.79 Å². The van der Waals surface area contributed by atoms with Crippen LogP contribution in [-0.2, 0) is 14.3 Å². The standard InChI is InChI=1S/C11H20N2O5/c1-3-5-18-6-4-12-11(16)13-8-9(17-2)7-10(14)15/h3,9H,1,4-8H2,2H3,(H,14,15)(H2,12,13,16). The molecule has 0 aliphatic carbocycles. The Bertz CT molecular complexity index is 270. The highest BCUT2D eigenvalue weighted by atomic mass is 16.5. The lowest BCUT2D eigenvalue weighted by Crippen LogP contribution is -2.41. The Kier molecular flexibility index (Phi) is 9.61. The highest BCUT2D eigenvalue weighted by molar-refractivity contribution is 5.74. The van der Waals surface area contributed by atoms with Crippen LogP contribution in [0.25, 0.3) is 0 Å². The van der Waals surface area contributed by atoms with E-state index >= 15 is 0 Å². The second-order valence-electron chi connectivity index (χ2n) is 3.46. The molecule has 1 atom stereocenters. The molecule has 0 bridgehead atoms. The molecule has 0 saturated heterocycles. The van der Waals surface area contributed by atoms with Gasteiger partial charge in [0.2, 0.25) is 0 Å². The predicted octanol–water partition coefficient (Wildman–Crippen LogP) is -0.0221. The Morgan fingerprint density at radius 2 is 2.17 bits per heavy atom. The number of nitrogens with one attached hydrogen (secondary N) is 2. The molecule has 0 rings (SSSR count). The molecule has 3 N–H and O–H groups in total. The molecular formula is C11H20N2O5. The lowest BCUT2D eigenvalue weighted by molar-refractivity contribution is -0.139. The molecule has 2 amide bonds. The van der Waals surface area contributed by atoms with Crippen LogP contribution in [0, 0.1) is 0 Å². The van der Waals surface area contributed by atoms with E-state index in [0.29, 0.717) is 19.8 Å². The average molecular weight is 260 g/mol. The zero-order chi connectivity index (χ0) is 13.8. The van der Waals surface area contributed by atoms with Gasteiger partial charge >= 0.3 is 12.0 Å². The predicted molar refractivity (Wildman–Crippen MR) is 65.5 cm³/mol. The molecule has 0 aromatic rings. The lowest BCUT2D eigenvalue weighted by Gasteiger charge is -2.14. The summed E-state index contributed by atoms with van der Waals surface area (Å²) >= 11 is 0. The Labute approximate surface area is 106 Å². The first-order valence-electron chi connectivity index (χ1n) is 5.55. The number of hydrogen-bond donors (Lipinski definition) is 3. The summed E-state index contributed by atoms with van der Waals surface area (Å²) in [7, 11) is 1.40. The summed E-state index contributed by atoms with van der Waals surface area (Å²) in [6.45, 7) is 4.83. The van der Waals surface area contributed by atoms with Gasteiger partial charge in [-0.2, -0.15) is 0 Å². The second kappa shape index (κ2) is 10.5. The van der Waals surface area contributed by atoms with Crippen LogP contribution in [0.4, 0.5) is 4.79 Å². The monoisotopic (exact) mass is 260 g/mol. The first-order chi connectivity index (χ1) is 8.60. The molecule has 0 aliphatic rings. The molecule has 7 nitrogen and oxygen atoms in total. The van der Waals surface area contributed by atoms with Gasteiger partial charge < -0.3 is 25.2 Å². The van der Waals surface area contributed by atoms with E-state index in [1.807, 2.05) is 0 Å². The molecule has 18 heavy (non-hydrogen) atoms. The van der Waals surface area contributed by atoms with Crippen molar-refractivity contribution in [3.63, 3.8) is 0 Å². The van der Waals surface area contributed by atoms with Crippen molar-refractivity contribution in [2.24, 2.45) is 0 Å². The molecular weight excluding hydrogens is 240 g/mol. The number of amides is 2. The SMILES string of the molecule is C=CCOCCNC(=O)NCC(CC(=O)O)OC. The van der Waals surface area contributed by atoms with E-state index in [0.717, 1.165) is 0 Å². The Morgan fingerprint density at radius 3 is 2.72 bits per heavy atom. The number of methoxy groups -OCH3 is 1. The van der Waals surface area contributed by atoms with Gasteiger partial charge in [0.25, 0.3) is 0 Å². The molecule has 0 fully saturated rings. The number of carbonyl (C=O) groups excluding carboxylic acids is 1. The summed E-state index contributed by atoms with van der Waals surface area (Å²) in [6.07, 6.45) is 0.930. The van der Waals surface area contributed by atoms with Crippen LogP contribution in [-0.4, -0.2) is 56.6 Å². The minimum absolute atomic E-state index is 0.141. The molecule has 0 saturated carbocycles. The molecule has 0 heterocycles. The summed E-state index contributed by atoms with van der Waals surface area (Å²) in [5, 5.41) is 13.6. The Balaban J connectivity index is 3.61. The third kappa shape index (κ3) is 9.61. The second-order valence-corrected chi connectivity index (χ2v) is 3.46. The van der Waals surface area contributed by atoms with Crippen LogP contribution in [0.2, 0.25) is 0 Å². The molecule has 1 unspecified atom stereocenters. The number of urea groups is 1. The third-order valence-corrected chi connectivity index (χ3v) is 1.99. The minimum atomic E-state index is -0.970. The van der Waals surface area contributed by atoms with Crippen molar-refractivity contribution >= 4 is 12.0 Å². The van der Waals surface area contributed by atoms with Crippen LogP contribution in [0.5, 0.6) is 0 Å². The largest absolute Gasteiger partial charge is 0.481 e. The summed E-state index contributed by atoms with van der Waals surface area (Å²) in [5.41, 5.74) is 0. The third-order valence-electron chi connectivity index (χ3n) is 1.99. The highest BCUT2D eigenvalue weighted by Crippen LogP contribution is 1.95. The van der Waals surface area contributed by atoms with Gasteiger partial charge in [0.15, 0.2) is 0 Å². The van der Waals surface area contributed by atoms with Crippen LogP contribution in [0.1, 0.15) is 6.42 Å². The number of ether oxygens (including phenoxy) is 2. The van der Waals surface area contributed by atoms with Crippen molar-refractivity contribution < 1.29 is 24.2 Å². The van der Waals surface area contributed by atoms with Crippen molar-refractivity contribution in [1.82, 2.24) is 10.6 Å². The van der Waals surface area contributed by atoms with Crippen LogP contribution >= 0.6 is 0 Å². The highest BCUT2D eigenvalue weighted by Gasteiger charge is 2.13. The number of carboxylic acids is 1. The molecule has 0 spiro atoms. The smallest absolute Gasteiger partial charge is 0.314 e. The topological polar surface area (TPSA) is 96.9 Å². The average Bonchev–Trinajstić information content (AvgIpc) is 2.33. The number of hydrogen-bond acceptors (Lipinski definition) is 4. The van der Waals surface area contributed by atoms with Gasteiger partial charge in [-0.1, -0.05) is 6.08 Å². The Hall–Kier alpha value is -1.60. The first kappa shape index (κ1) is 16.4. The zero-order valence-corrected chi connectivity index (χ0v) is 10.5. The lowest BCUT2D eigenvalue weighted by atomic mass is 10.2. The van der Waals surface area contributed by atoms with Gasteiger partial charge in [0.1, 0.15) is 0 Å². The summed E-state index contributed by atoms with van der Waals surface area (Å²) in [6, 6.07) is -0.385. The van der Waals surface area contributed by atoms with E-state index in [4.69, 9.17) is 14.6 Å². The van der Waals surface area contributed by atoms with E-state index in [9.17, 15) is 9.59 Å². The maximum absolute atomic E-state index is 11.3. The van der Waals surface area contributed by atoms with E-state index in [1.54, 1.807) is 6.08 Å². The van der Waals surface area contributed by atoms with Crippen LogP contribution in [0.3, 0.4) is 0 Å². The van der Waals surface area contributed by atoms with Crippen molar-refractivity contribution in [2.45, 2.75) is 12.5 Å². The van der Waals surface area contributed by atoms with Crippen molar-refractivity contribution in [3.8, 4) is 0 Å². The molecule has 104 valence electrons. The fourth-order valence-corrected chi connectivity index (χ4v) is 1.11. The molecule has 7 heteroatoms. The van der Waals surface area contributed by atoms with E-state index < -0.39 is 12.1 Å². The number of aliphatic carboxylic acids is 1. The minimum Gasteiger partial charge on any atom is -0.481 e. The molecule has 0 aromatic carbocycles. The van der Waals surface area contributed by atoms with Gasteiger partial charge in [-0.15, -0.1) is 6.58 Å². The van der Waals surface area contributed by atoms with Crippen molar-refractivity contribution in [3.05, 3.63) is 12.7 Å². The zero-order valence-electron chi connectivity index (χ0n) is 10.5. The fraction of sp³-hybridized carbons (Fsp3) is 0.636. The van der Waals surface area contributed by atoms with Crippen LogP contribution < -0.4 is 10.6 Å². The number of carboxylic acid groups (broad SMARTS) is 1. The van der Waals surface area contributed by atoms with Gasteiger partial charge in [0.05, 0.1) is 25.7 Å². The van der Waals surface area contributed by atoms with E-state index in [-0.39, 0.29) is 19.0 Å². The van der Waals surface area contributed by atoms with Crippen molar-refractivity contribution in [1.29, 1.82) is 0 Å². The maximum Gasteiger partial charge on any atom is 0.314 e. The summed E-state index contributed by atoms with van der Waals surface area (Å²) in [4.78, 5) is 21.7. The molecule has 0 radical (unpaired) electrons. The number of carbonyl (C=O) groups is 2. The Morgan fingerprint density at radius 1 is 1.44 bits per heavy atom. The number of rotatable bonds is 10. The fourth-order valence-electron chi connectivity index (χ4n) is 1.11. The quantitative estimate of drug-likeness (QED) is 0.379. The van der Waals surface area contributed by atoms with Crippen LogP contribution in [0.15, 0.2) is 12.7 Å².